The van der Waals surface area contributed by atoms with E-state index in [4.69, 9.17) is 5.73 Å². The molecule has 5 atom stereocenters. The smallest absolute Gasteiger partial charge is 0.326 e. The van der Waals surface area contributed by atoms with Crippen LogP contribution in [0.5, 0.6) is 0 Å². The number of amides is 3. The first kappa shape index (κ1) is 27.2. The van der Waals surface area contributed by atoms with Gasteiger partial charge in [0, 0.05) is 18.3 Å². The number of nitrogens with one attached hydrogen (secondary N) is 5. The molecule has 3 amide bonds. The summed E-state index contributed by atoms with van der Waals surface area (Å²) in [5.41, 5.74) is 6.02. The fourth-order valence-corrected chi connectivity index (χ4v) is 3.68. The molecule has 1 aromatic heterocycles. The van der Waals surface area contributed by atoms with Crippen molar-refractivity contribution in [3.63, 3.8) is 0 Å². The normalized spacial score (nSPS) is 19.0. The molecule has 1 saturated heterocycles. The fraction of sp³-hybridized carbons (Fsp3) is 0.667. The minimum atomic E-state index is -1.42. The Morgan fingerprint density at radius 3 is 2.50 bits per heavy atom. The number of aliphatic carboxylic acids is 1. The Kier molecular flexibility index (Phi) is 10.9. The second-order valence-corrected chi connectivity index (χ2v) is 8.40. The molecule has 34 heavy (non-hydrogen) atoms. The van der Waals surface area contributed by atoms with Gasteiger partial charge in [-0.15, -0.1) is 0 Å². The number of carboxylic acid groups (broad SMARTS) is 1. The van der Waals surface area contributed by atoms with Gasteiger partial charge in [0.15, 0.2) is 0 Å². The van der Waals surface area contributed by atoms with Gasteiger partial charge >= 0.3 is 5.97 Å². The second kappa shape index (κ2) is 13.6. The van der Waals surface area contributed by atoms with Gasteiger partial charge in [-0.05, 0) is 52.1 Å². The van der Waals surface area contributed by atoms with E-state index in [9.17, 15) is 29.4 Å². The zero-order valence-corrected chi connectivity index (χ0v) is 19.3. The fourth-order valence-electron chi connectivity index (χ4n) is 3.68. The molecule has 0 spiro atoms. The number of carbonyl (C=O) groups is 4. The summed E-state index contributed by atoms with van der Waals surface area (Å²) < 4.78 is 0. The number of aromatic amines is 1. The summed E-state index contributed by atoms with van der Waals surface area (Å²) >= 11 is 0. The van der Waals surface area contributed by atoms with Gasteiger partial charge in [-0.2, -0.15) is 0 Å². The van der Waals surface area contributed by atoms with Crippen LogP contribution in [0.15, 0.2) is 12.5 Å². The minimum Gasteiger partial charge on any atom is -0.480 e. The Bertz CT molecular complexity index is 811. The number of carboxylic acids is 1. The number of carbonyl (C=O) groups excluding carboxylic acids is 3. The van der Waals surface area contributed by atoms with E-state index in [-0.39, 0.29) is 18.7 Å². The van der Waals surface area contributed by atoms with Crippen molar-refractivity contribution in [3.8, 4) is 0 Å². The Morgan fingerprint density at radius 1 is 1.18 bits per heavy atom. The molecule has 0 aromatic carbocycles. The largest absolute Gasteiger partial charge is 0.480 e. The summed E-state index contributed by atoms with van der Waals surface area (Å²) in [5.74, 6) is -3.11. The first-order valence-corrected chi connectivity index (χ1v) is 11.5. The van der Waals surface area contributed by atoms with Crippen molar-refractivity contribution in [1.29, 1.82) is 0 Å². The maximum Gasteiger partial charge on any atom is 0.326 e. The number of imidazole rings is 1. The van der Waals surface area contributed by atoms with Gasteiger partial charge < -0.3 is 42.2 Å². The van der Waals surface area contributed by atoms with E-state index in [0.29, 0.717) is 38.0 Å². The molecule has 5 unspecified atom stereocenters. The van der Waals surface area contributed by atoms with Gasteiger partial charge in [-0.25, -0.2) is 9.78 Å². The quantitative estimate of drug-likeness (QED) is 0.135. The van der Waals surface area contributed by atoms with Crippen LogP contribution in [-0.4, -0.2) is 87.2 Å². The number of rotatable bonds is 14. The van der Waals surface area contributed by atoms with Crippen molar-refractivity contribution in [2.45, 2.75) is 75.7 Å². The standard InChI is InChI=1S/C21H35N7O6/c1-12(29)17(20(32)26-15(21(33)34)5-2-3-7-22)28-19(31)16(9-13-10-23-11-25-13)27-18(30)14-6-4-8-24-14/h10-12,14-17,24,29H,2-9,22H2,1H3,(H,23,25)(H,26,32)(H,27,30)(H,28,31)(H,33,34). The summed E-state index contributed by atoms with van der Waals surface area (Å²) in [6.07, 6.45) is 4.45. The highest BCUT2D eigenvalue weighted by Crippen LogP contribution is 2.08. The number of nitrogens with zero attached hydrogens (tertiary/aromatic N) is 1. The second-order valence-electron chi connectivity index (χ2n) is 8.40. The molecule has 0 radical (unpaired) electrons. The number of aliphatic hydroxyl groups excluding tert-OH is 1. The molecule has 9 N–H and O–H groups in total. The first-order chi connectivity index (χ1) is 16.2. The third-order valence-corrected chi connectivity index (χ3v) is 5.61. The summed E-state index contributed by atoms with van der Waals surface area (Å²) in [6.45, 7) is 2.40. The van der Waals surface area contributed by atoms with E-state index < -0.39 is 48.1 Å². The molecule has 2 rings (SSSR count). The van der Waals surface area contributed by atoms with E-state index in [1.54, 1.807) is 0 Å². The molecule has 0 saturated carbocycles. The van der Waals surface area contributed by atoms with Gasteiger partial charge in [0.05, 0.1) is 18.5 Å². The summed E-state index contributed by atoms with van der Waals surface area (Å²) in [6, 6.07) is -4.08. The average Bonchev–Trinajstić information content (AvgIpc) is 3.50. The molecule has 13 nitrogen and oxygen atoms in total. The summed E-state index contributed by atoms with van der Waals surface area (Å²) in [5, 5.41) is 30.1. The molecule has 13 heteroatoms. The van der Waals surface area contributed by atoms with Crippen molar-refractivity contribution in [1.82, 2.24) is 31.2 Å². The van der Waals surface area contributed by atoms with E-state index in [0.717, 1.165) is 6.42 Å². The maximum absolute atomic E-state index is 13.1. The van der Waals surface area contributed by atoms with Crippen LogP contribution in [0, 0.1) is 0 Å². The maximum atomic E-state index is 13.1. The van der Waals surface area contributed by atoms with Crippen LogP contribution in [0.3, 0.4) is 0 Å². The summed E-state index contributed by atoms with van der Waals surface area (Å²) in [7, 11) is 0. The number of unbranched alkanes of at least 4 members (excludes halogenated alkanes) is 1. The van der Waals surface area contributed by atoms with Crippen LogP contribution in [0.1, 0.15) is 44.7 Å². The van der Waals surface area contributed by atoms with Crippen LogP contribution in [-0.2, 0) is 25.6 Å². The topological polar surface area (TPSA) is 212 Å². The molecule has 1 aliphatic rings. The number of H-pyrrole nitrogens is 1. The van der Waals surface area contributed by atoms with Crippen molar-refractivity contribution in [2.24, 2.45) is 5.73 Å². The van der Waals surface area contributed by atoms with Crippen LogP contribution < -0.4 is 27.0 Å². The van der Waals surface area contributed by atoms with Crippen molar-refractivity contribution < 1.29 is 29.4 Å². The van der Waals surface area contributed by atoms with Crippen LogP contribution in [0.4, 0.5) is 0 Å². The van der Waals surface area contributed by atoms with Crippen molar-refractivity contribution in [3.05, 3.63) is 18.2 Å². The number of hydrogen-bond donors (Lipinski definition) is 8. The van der Waals surface area contributed by atoms with Gasteiger partial charge in [-0.3, -0.25) is 14.4 Å². The highest BCUT2D eigenvalue weighted by molar-refractivity contribution is 5.94. The minimum absolute atomic E-state index is 0.0787. The molecular formula is C21H35N7O6. The van der Waals surface area contributed by atoms with Crippen LogP contribution >= 0.6 is 0 Å². The lowest BCUT2D eigenvalue weighted by Gasteiger charge is -2.26. The third kappa shape index (κ3) is 8.39. The van der Waals surface area contributed by atoms with Gasteiger partial charge in [0.2, 0.25) is 17.7 Å². The highest BCUT2D eigenvalue weighted by Gasteiger charge is 2.33. The van der Waals surface area contributed by atoms with Gasteiger partial charge in [-0.1, -0.05) is 0 Å². The Morgan fingerprint density at radius 2 is 1.94 bits per heavy atom. The predicted molar refractivity (Wildman–Crippen MR) is 121 cm³/mol. The molecule has 1 aromatic rings. The van der Waals surface area contributed by atoms with Gasteiger partial charge in [0.25, 0.3) is 0 Å². The summed E-state index contributed by atoms with van der Waals surface area (Å²) in [4.78, 5) is 56.7. The van der Waals surface area contributed by atoms with E-state index in [1.165, 1.54) is 19.4 Å². The van der Waals surface area contributed by atoms with E-state index in [2.05, 4.69) is 31.2 Å². The number of hydrogen-bond acceptors (Lipinski definition) is 8. The highest BCUT2D eigenvalue weighted by atomic mass is 16.4. The lowest BCUT2D eigenvalue weighted by Crippen LogP contribution is -2.60. The van der Waals surface area contributed by atoms with Crippen LogP contribution in [0.2, 0.25) is 0 Å². The molecule has 1 aliphatic heterocycles. The molecule has 2 heterocycles. The third-order valence-electron chi connectivity index (χ3n) is 5.61. The van der Waals surface area contributed by atoms with Crippen molar-refractivity contribution in [2.75, 3.05) is 13.1 Å². The Balaban J connectivity index is 2.09. The molecule has 0 aliphatic carbocycles. The lowest BCUT2D eigenvalue weighted by molar-refractivity contribution is -0.143. The predicted octanol–water partition coefficient (Wildman–Crippen LogP) is -2.25. The number of nitrogens with two attached hydrogens (primary N) is 1. The van der Waals surface area contributed by atoms with E-state index in [1.807, 2.05) is 0 Å². The number of aromatic nitrogens is 2. The number of aliphatic hydroxyl groups is 1. The van der Waals surface area contributed by atoms with E-state index >= 15 is 0 Å². The van der Waals surface area contributed by atoms with Crippen LogP contribution in [0.25, 0.3) is 0 Å². The van der Waals surface area contributed by atoms with Crippen molar-refractivity contribution >= 4 is 23.7 Å². The monoisotopic (exact) mass is 481 g/mol. The zero-order valence-electron chi connectivity index (χ0n) is 19.3. The SMILES string of the molecule is CC(O)C(NC(=O)C(Cc1cnc[nH]1)NC(=O)C1CCCN1)C(=O)NC(CCCCN)C(=O)O. The average molecular weight is 482 g/mol. The molecular weight excluding hydrogens is 446 g/mol. The molecule has 190 valence electrons. The first-order valence-electron chi connectivity index (χ1n) is 11.5. The molecule has 0 bridgehead atoms. The Hall–Kier alpha value is -3.03. The molecule has 1 fully saturated rings. The zero-order chi connectivity index (χ0) is 25.1. The Labute approximate surface area is 197 Å². The van der Waals surface area contributed by atoms with Gasteiger partial charge in [0.1, 0.15) is 18.1 Å². The lowest BCUT2D eigenvalue weighted by atomic mass is 10.1.